The minimum Gasteiger partial charge on any atom is -0.393 e. The predicted molar refractivity (Wildman–Crippen MR) is 74.2 cm³/mol. The molecular weight excluding hydrogens is 252 g/mol. The maximum absolute atomic E-state index is 10.8. The minimum atomic E-state index is -3.84. The van der Waals surface area contributed by atoms with E-state index in [4.69, 9.17) is 4.55 Å². The lowest BCUT2D eigenvalue weighted by Crippen LogP contribution is -2.16. The molecule has 2 atom stereocenters. The number of rotatable bonds is 11. The lowest BCUT2D eigenvalue weighted by molar-refractivity contribution is 0.156. The predicted octanol–water partition coefficient (Wildman–Crippen LogP) is 3.15. The highest BCUT2D eigenvalue weighted by Crippen LogP contribution is 2.13. The summed E-state index contributed by atoms with van der Waals surface area (Å²) < 4.78 is 30.3. The molecule has 0 spiro atoms. The smallest absolute Gasteiger partial charge is 0.267 e. The molecule has 0 saturated carbocycles. The summed E-state index contributed by atoms with van der Waals surface area (Å²) in [5.74, 6) is 0. The first kappa shape index (κ1) is 17.9. The Kier molecular flexibility index (Phi) is 9.68. The van der Waals surface area contributed by atoms with Gasteiger partial charge in [0.15, 0.2) is 0 Å². The maximum Gasteiger partial charge on any atom is 0.267 e. The molecule has 4 nitrogen and oxygen atoms in total. The Morgan fingerprint density at radius 1 is 0.944 bits per heavy atom. The topological polar surface area (TPSA) is 74.6 Å². The van der Waals surface area contributed by atoms with Gasteiger partial charge in [0, 0.05) is 0 Å². The summed E-state index contributed by atoms with van der Waals surface area (Å²) in [5, 5.41) is 8.71. The molecule has 2 N–H and O–H groups in total. The zero-order chi connectivity index (χ0) is 14.0. The Morgan fingerprint density at radius 2 is 1.39 bits per heavy atom. The Morgan fingerprint density at radius 3 is 1.83 bits per heavy atom. The highest BCUT2D eigenvalue weighted by atomic mass is 32.2. The zero-order valence-electron chi connectivity index (χ0n) is 11.6. The third kappa shape index (κ3) is 9.85. The van der Waals surface area contributed by atoms with Crippen molar-refractivity contribution in [3.05, 3.63) is 0 Å². The molecule has 0 rings (SSSR count). The van der Waals surface area contributed by atoms with Gasteiger partial charge in [-0.25, -0.2) is 0 Å². The summed E-state index contributed by atoms with van der Waals surface area (Å²) in [6.45, 7) is 3.53. The van der Waals surface area contributed by atoms with Gasteiger partial charge in [-0.3, -0.25) is 4.55 Å². The molecule has 0 aromatic carbocycles. The van der Waals surface area contributed by atoms with E-state index in [-0.39, 0.29) is 6.10 Å². The molecule has 0 fully saturated rings. The second-order valence-corrected chi connectivity index (χ2v) is 6.92. The van der Waals surface area contributed by atoms with Crippen LogP contribution in [0.15, 0.2) is 0 Å². The SMILES string of the molecule is CCC(O)CCCCCCCCC(C)S(=O)(=O)O. The molecule has 5 heteroatoms. The molecule has 0 aliphatic heterocycles. The number of unbranched alkanes of at least 4 members (excludes halogenated alkanes) is 5. The number of aliphatic hydroxyl groups is 1. The Bertz CT molecular complexity index is 287. The van der Waals surface area contributed by atoms with Gasteiger partial charge in [-0.15, -0.1) is 0 Å². The minimum absolute atomic E-state index is 0.152. The molecule has 0 aromatic heterocycles. The van der Waals surface area contributed by atoms with Crippen LogP contribution in [0.2, 0.25) is 0 Å². The van der Waals surface area contributed by atoms with Gasteiger partial charge in [0.05, 0.1) is 11.4 Å². The van der Waals surface area contributed by atoms with Gasteiger partial charge >= 0.3 is 0 Å². The van der Waals surface area contributed by atoms with E-state index in [9.17, 15) is 13.5 Å². The molecule has 0 saturated heterocycles. The van der Waals surface area contributed by atoms with Crippen LogP contribution >= 0.6 is 0 Å². The lowest BCUT2D eigenvalue weighted by Gasteiger charge is -2.08. The third-order valence-corrected chi connectivity index (χ3v) is 4.63. The van der Waals surface area contributed by atoms with Gasteiger partial charge in [-0.1, -0.05) is 45.4 Å². The number of hydrogen-bond donors (Lipinski definition) is 2. The first-order chi connectivity index (χ1) is 8.38. The van der Waals surface area contributed by atoms with Crippen molar-refractivity contribution in [2.75, 3.05) is 0 Å². The Hall–Kier alpha value is -0.130. The fourth-order valence-corrected chi connectivity index (χ4v) is 2.34. The summed E-state index contributed by atoms with van der Waals surface area (Å²) in [6, 6.07) is 0. The average molecular weight is 280 g/mol. The van der Waals surface area contributed by atoms with Gasteiger partial charge < -0.3 is 5.11 Å². The zero-order valence-corrected chi connectivity index (χ0v) is 12.5. The third-order valence-electron chi connectivity index (χ3n) is 3.38. The van der Waals surface area contributed by atoms with Gasteiger partial charge in [0.25, 0.3) is 10.1 Å². The molecule has 18 heavy (non-hydrogen) atoms. The van der Waals surface area contributed by atoms with Crippen LogP contribution in [0, 0.1) is 0 Å². The van der Waals surface area contributed by atoms with Gasteiger partial charge in [-0.2, -0.15) is 8.42 Å². The first-order valence-electron chi connectivity index (χ1n) is 7.02. The van der Waals surface area contributed by atoms with Gasteiger partial charge in [-0.05, 0) is 26.2 Å². The van der Waals surface area contributed by atoms with Crippen molar-refractivity contribution in [3.8, 4) is 0 Å². The fourth-order valence-electron chi connectivity index (χ4n) is 1.87. The Balaban J connectivity index is 3.32. The van der Waals surface area contributed by atoms with Crippen molar-refractivity contribution in [2.24, 2.45) is 0 Å². The second-order valence-electron chi connectivity index (χ2n) is 5.09. The molecule has 0 heterocycles. The van der Waals surface area contributed by atoms with Crippen LogP contribution in [0.5, 0.6) is 0 Å². The molecule has 110 valence electrons. The summed E-state index contributed by atoms with van der Waals surface area (Å²) in [5.41, 5.74) is 0. The molecule has 2 unspecified atom stereocenters. The van der Waals surface area contributed by atoms with Crippen LogP contribution in [0.1, 0.15) is 71.6 Å². The van der Waals surface area contributed by atoms with Crippen LogP contribution in [0.3, 0.4) is 0 Å². The molecule has 0 aliphatic carbocycles. The van der Waals surface area contributed by atoms with E-state index in [1.54, 1.807) is 6.92 Å². The van der Waals surface area contributed by atoms with Crippen LogP contribution in [-0.4, -0.2) is 29.4 Å². The molecule has 0 bridgehead atoms. The van der Waals surface area contributed by atoms with E-state index in [1.807, 2.05) is 6.92 Å². The Labute approximate surface area is 112 Å². The monoisotopic (exact) mass is 280 g/mol. The summed E-state index contributed by atoms with van der Waals surface area (Å²) in [7, 11) is -3.84. The highest BCUT2D eigenvalue weighted by molar-refractivity contribution is 7.86. The summed E-state index contributed by atoms with van der Waals surface area (Å²) in [6.07, 6.45) is 8.38. The first-order valence-corrected chi connectivity index (χ1v) is 8.52. The molecule has 0 amide bonds. The standard InChI is InChI=1S/C13H28O4S/c1-3-13(14)11-9-7-5-4-6-8-10-12(2)18(15,16)17/h12-14H,3-11H2,1-2H3,(H,15,16,17). The fraction of sp³-hybridized carbons (Fsp3) is 1.00. The molecule has 0 radical (unpaired) electrons. The normalized spacial score (nSPS) is 15.6. The van der Waals surface area contributed by atoms with Crippen LogP contribution in [-0.2, 0) is 10.1 Å². The van der Waals surface area contributed by atoms with E-state index in [0.29, 0.717) is 6.42 Å². The quantitative estimate of drug-likeness (QED) is 0.450. The van der Waals surface area contributed by atoms with E-state index >= 15 is 0 Å². The average Bonchev–Trinajstić information content (AvgIpc) is 2.30. The number of hydrogen-bond acceptors (Lipinski definition) is 3. The summed E-state index contributed by atoms with van der Waals surface area (Å²) in [4.78, 5) is 0. The van der Waals surface area contributed by atoms with Crippen LogP contribution in [0.25, 0.3) is 0 Å². The van der Waals surface area contributed by atoms with Crippen molar-refractivity contribution < 1.29 is 18.1 Å². The summed E-state index contributed by atoms with van der Waals surface area (Å²) >= 11 is 0. The van der Waals surface area contributed by atoms with Crippen LogP contribution in [0.4, 0.5) is 0 Å². The van der Waals surface area contributed by atoms with Crippen molar-refractivity contribution >= 4 is 10.1 Å². The van der Waals surface area contributed by atoms with Gasteiger partial charge in [0.1, 0.15) is 0 Å². The highest BCUT2D eigenvalue weighted by Gasteiger charge is 2.15. The van der Waals surface area contributed by atoms with Gasteiger partial charge in [0.2, 0.25) is 0 Å². The molecule has 0 aliphatic rings. The maximum atomic E-state index is 10.8. The molecule has 0 aromatic rings. The second kappa shape index (κ2) is 9.75. The van der Waals surface area contributed by atoms with E-state index in [2.05, 4.69) is 0 Å². The van der Waals surface area contributed by atoms with E-state index < -0.39 is 15.4 Å². The van der Waals surface area contributed by atoms with Crippen molar-refractivity contribution in [1.29, 1.82) is 0 Å². The largest absolute Gasteiger partial charge is 0.393 e. The van der Waals surface area contributed by atoms with Crippen molar-refractivity contribution in [3.63, 3.8) is 0 Å². The lowest BCUT2D eigenvalue weighted by atomic mass is 10.0. The number of aliphatic hydroxyl groups excluding tert-OH is 1. The van der Waals surface area contributed by atoms with Crippen molar-refractivity contribution in [2.45, 2.75) is 83.0 Å². The van der Waals surface area contributed by atoms with E-state index in [0.717, 1.165) is 51.4 Å². The van der Waals surface area contributed by atoms with E-state index in [1.165, 1.54) is 0 Å². The molecular formula is C13H28O4S. The van der Waals surface area contributed by atoms with Crippen molar-refractivity contribution in [1.82, 2.24) is 0 Å². The van der Waals surface area contributed by atoms with Crippen LogP contribution < -0.4 is 0 Å².